The van der Waals surface area contributed by atoms with Crippen LogP contribution in [0.3, 0.4) is 0 Å². The third-order valence-electron chi connectivity index (χ3n) is 2.61. The molecule has 1 rings (SSSR count). The van der Waals surface area contributed by atoms with Crippen LogP contribution >= 0.6 is 0 Å². The molecule has 0 aromatic heterocycles. The highest BCUT2D eigenvalue weighted by Gasteiger charge is 2.02. The van der Waals surface area contributed by atoms with Gasteiger partial charge in [-0.15, -0.1) is 6.58 Å². The van der Waals surface area contributed by atoms with Crippen LogP contribution in [0.15, 0.2) is 36.9 Å². The van der Waals surface area contributed by atoms with Gasteiger partial charge in [-0.2, -0.15) is 0 Å². The van der Waals surface area contributed by atoms with E-state index in [1.165, 1.54) is 17.5 Å². The zero-order chi connectivity index (χ0) is 11.1. The molecule has 0 amide bonds. The van der Waals surface area contributed by atoms with Crippen molar-refractivity contribution in [3.05, 3.63) is 48.0 Å². The average molecular weight is 203 g/mol. The van der Waals surface area contributed by atoms with Gasteiger partial charge in [-0.1, -0.05) is 35.9 Å². The van der Waals surface area contributed by atoms with Crippen molar-refractivity contribution in [3.63, 3.8) is 0 Å². The van der Waals surface area contributed by atoms with Crippen LogP contribution in [0.1, 0.15) is 36.9 Å². The molecular weight excluding hydrogens is 182 g/mol. The average Bonchev–Trinajstić information content (AvgIpc) is 2.25. The van der Waals surface area contributed by atoms with E-state index in [2.05, 4.69) is 50.0 Å². The second-order valence-corrected chi connectivity index (χ2v) is 4.02. The number of hydrogen-bond donors (Lipinski definition) is 1. The predicted molar refractivity (Wildman–Crippen MR) is 67.0 cm³/mol. The minimum atomic E-state index is 0.440. The van der Waals surface area contributed by atoms with E-state index in [9.17, 15) is 0 Å². The van der Waals surface area contributed by atoms with Gasteiger partial charge < -0.3 is 5.32 Å². The molecule has 1 aromatic rings. The first-order valence-electron chi connectivity index (χ1n) is 5.65. The minimum absolute atomic E-state index is 0.440. The summed E-state index contributed by atoms with van der Waals surface area (Å²) in [5.74, 6) is 0. The van der Waals surface area contributed by atoms with Gasteiger partial charge in [0.2, 0.25) is 0 Å². The van der Waals surface area contributed by atoms with Gasteiger partial charge >= 0.3 is 0 Å². The fourth-order valence-corrected chi connectivity index (χ4v) is 1.54. The number of rotatable bonds is 6. The molecule has 0 spiro atoms. The largest absolute Gasteiger partial charge is 0.310 e. The van der Waals surface area contributed by atoms with Crippen LogP contribution in [0.4, 0.5) is 0 Å². The van der Waals surface area contributed by atoms with Crippen molar-refractivity contribution < 1.29 is 0 Å². The smallest absolute Gasteiger partial charge is 0.0291 e. The topological polar surface area (TPSA) is 12.0 Å². The zero-order valence-electron chi connectivity index (χ0n) is 9.79. The van der Waals surface area contributed by atoms with Crippen molar-refractivity contribution in [1.82, 2.24) is 5.32 Å². The minimum Gasteiger partial charge on any atom is -0.310 e. The van der Waals surface area contributed by atoms with Crippen LogP contribution in [0.2, 0.25) is 0 Å². The summed E-state index contributed by atoms with van der Waals surface area (Å²) in [7, 11) is 0. The van der Waals surface area contributed by atoms with E-state index in [0.29, 0.717) is 6.04 Å². The van der Waals surface area contributed by atoms with Crippen LogP contribution in [0.5, 0.6) is 0 Å². The van der Waals surface area contributed by atoms with Gasteiger partial charge in [0.25, 0.3) is 0 Å². The molecule has 0 saturated heterocycles. The van der Waals surface area contributed by atoms with Gasteiger partial charge in [0.05, 0.1) is 0 Å². The summed E-state index contributed by atoms with van der Waals surface area (Å²) in [6, 6.07) is 9.16. The molecule has 82 valence electrons. The standard InChI is InChI=1S/C14H21N/c1-4-5-6-11-15-13(3)14-9-7-12(2)8-10-14/h4,7-10,13,15H,1,5-6,11H2,2-3H3. The van der Waals surface area contributed by atoms with Crippen molar-refractivity contribution in [2.75, 3.05) is 6.54 Å². The van der Waals surface area contributed by atoms with Crippen LogP contribution in [-0.4, -0.2) is 6.54 Å². The molecule has 1 heteroatoms. The molecule has 1 N–H and O–H groups in total. The lowest BCUT2D eigenvalue weighted by Gasteiger charge is -2.14. The summed E-state index contributed by atoms with van der Waals surface area (Å²) in [5, 5.41) is 3.51. The van der Waals surface area contributed by atoms with E-state index in [-0.39, 0.29) is 0 Å². The molecule has 0 aliphatic carbocycles. The van der Waals surface area contributed by atoms with Crippen LogP contribution in [-0.2, 0) is 0 Å². The first-order valence-corrected chi connectivity index (χ1v) is 5.65. The third kappa shape index (κ3) is 4.30. The SMILES string of the molecule is C=CCCCNC(C)c1ccc(C)cc1. The summed E-state index contributed by atoms with van der Waals surface area (Å²) in [6.45, 7) is 9.10. The van der Waals surface area contributed by atoms with E-state index in [1.807, 2.05) is 6.08 Å². The van der Waals surface area contributed by atoms with Crippen LogP contribution < -0.4 is 5.32 Å². The maximum Gasteiger partial charge on any atom is 0.0291 e. The van der Waals surface area contributed by atoms with Gasteiger partial charge in [-0.05, 0) is 38.8 Å². The molecule has 15 heavy (non-hydrogen) atoms. The summed E-state index contributed by atoms with van der Waals surface area (Å²) in [4.78, 5) is 0. The van der Waals surface area contributed by atoms with E-state index in [1.54, 1.807) is 0 Å². The van der Waals surface area contributed by atoms with Crippen molar-refractivity contribution in [2.24, 2.45) is 0 Å². The Hall–Kier alpha value is -1.08. The predicted octanol–water partition coefficient (Wildman–Crippen LogP) is 3.61. The monoisotopic (exact) mass is 203 g/mol. The summed E-state index contributed by atoms with van der Waals surface area (Å²) >= 11 is 0. The number of hydrogen-bond acceptors (Lipinski definition) is 1. The van der Waals surface area contributed by atoms with Gasteiger partial charge in [-0.3, -0.25) is 0 Å². The Morgan fingerprint density at radius 3 is 2.60 bits per heavy atom. The highest BCUT2D eigenvalue weighted by atomic mass is 14.9. The second kappa shape index (κ2) is 6.41. The lowest BCUT2D eigenvalue weighted by Crippen LogP contribution is -2.19. The van der Waals surface area contributed by atoms with Gasteiger partial charge in [-0.25, -0.2) is 0 Å². The summed E-state index contributed by atoms with van der Waals surface area (Å²) in [6.07, 6.45) is 4.23. The highest BCUT2D eigenvalue weighted by Crippen LogP contribution is 2.12. The number of nitrogens with one attached hydrogen (secondary N) is 1. The fourth-order valence-electron chi connectivity index (χ4n) is 1.54. The number of unbranched alkanes of at least 4 members (excludes halogenated alkanes) is 1. The van der Waals surface area contributed by atoms with Crippen molar-refractivity contribution in [3.8, 4) is 0 Å². The van der Waals surface area contributed by atoms with E-state index in [0.717, 1.165) is 13.0 Å². The van der Waals surface area contributed by atoms with Gasteiger partial charge in [0.1, 0.15) is 0 Å². The first kappa shape index (κ1) is 12.0. The molecule has 0 aliphatic rings. The molecule has 1 unspecified atom stereocenters. The van der Waals surface area contributed by atoms with E-state index >= 15 is 0 Å². The van der Waals surface area contributed by atoms with E-state index < -0.39 is 0 Å². The molecule has 1 atom stereocenters. The molecule has 0 fully saturated rings. The Labute approximate surface area is 93.2 Å². The van der Waals surface area contributed by atoms with E-state index in [4.69, 9.17) is 0 Å². The summed E-state index contributed by atoms with van der Waals surface area (Å²) < 4.78 is 0. The molecule has 1 nitrogen and oxygen atoms in total. The second-order valence-electron chi connectivity index (χ2n) is 4.02. The zero-order valence-corrected chi connectivity index (χ0v) is 9.79. The Balaban J connectivity index is 2.36. The number of allylic oxidation sites excluding steroid dienone is 1. The molecule has 1 aromatic carbocycles. The Bertz CT molecular complexity index is 287. The maximum atomic E-state index is 3.72. The third-order valence-corrected chi connectivity index (χ3v) is 2.61. The molecular formula is C14H21N. The van der Waals surface area contributed by atoms with Crippen molar-refractivity contribution >= 4 is 0 Å². The quantitative estimate of drug-likeness (QED) is 0.550. The number of benzene rings is 1. The fraction of sp³-hybridized carbons (Fsp3) is 0.429. The van der Waals surface area contributed by atoms with Crippen molar-refractivity contribution in [1.29, 1.82) is 0 Å². The first-order chi connectivity index (χ1) is 7.24. The lowest BCUT2D eigenvalue weighted by atomic mass is 10.1. The Morgan fingerprint density at radius 1 is 1.33 bits per heavy atom. The maximum absolute atomic E-state index is 3.72. The lowest BCUT2D eigenvalue weighted by molar-refractivity contribution is 0.561. The Kier molecular flexibility index (Phi) is 5.13. The molecule has 0 saturated carbocycles. The van der Waals surface area contributed by atoms with Gasteiger partial charge in [0.15, 0.2) is 0 Å². The molecule has 0 bridgehead atoms. The van der Waals surface area contributed by atoms with Crippen LogP contribution in [0, 0.1) is 6.92 Å². The van der Waals surface area contributed by atoms with Gasteiger partial charge in [0, 0.05) is 6.04 Å². The summed E-state index contributed by atoms with van der Waals surface area (Å²) in [5.41, 5.74) is 2.68. The molecule has 0 aliphatic heterocycles. The highest BCUT2D eigenvalue weighted by molar-refractivity contribution is 5.23. The van der Waals surface area contributed by atoms with Crippen molar-refractivity contribution in [2.45, 2.75) is 32.7 Å². The molecule has 0 heterocycles. The van der Waals surface area contributed by atoms with Crippen LogP contribution in [0.25, 0.3) is 0 Å². The normalized spacial score (nSPS) is 12.4. The molecule has 0 radical (unpaired) electrons. The number of aryl methyl sites for hydroxylation is 1. The Morgan fingerprint density at radius 2 is 2.00 bits per heavy atom.